The molecule has 1 aliphatic rings. The Balaban J connectivity index is 1.36. The molecule has 0 saturated carbocycles. The lowest BCUT2D eigenvalue weighted by Crippen LogP contribution is -2.40. The lowest BCUT2D eigenvalue weighted by atomic mass is 10.3. The van der Waals surface area contributed by atoms with Crippen LogP contribution in [0.3, 0.4) is 0 Å². The molecule has 1 fully saturated rings. The Morgan fingerprint density at radius 1 is 0.806 bits per heavy atom. The summed E-state index contributed by atoms with van der Waals surface area (Å²) in [6, 6.07) is 18.9. The number of morpholine rings is 1. The van der Waals surface area contributed by atoms with Crippen LogP contribution in [0.5, 0.6) is 0 Å². The highest BCUT2D eigenvalue weighted by atomic mass is 35.5. The number of nitrogens with one attached hydrogen (secondary N) is 3. The Morgan fingerprint density at radius 3 is 1.89 bits per heavy atom. The van der Waals surface area contributed by atoms with Crippen LogP contribution in [0.1, 0.15) is 0 Å². The summed E-state index contributed by atoms with van der Waals surface area (Å²) in [5.41, 5.74) is 1.45. The van der Waals surface area contributed by atoms with E-state index in [1.807, 2.05) is 0 Å². The third-order valence-electron chi connectivity index (χ3n) is 5.26. The first-order chi connectivity index (χ1) is 17.1. The van der Waals surface area contributed by atoms with Gasteiger partial charge < -0.3 is 15.4 Å². The summed E-state index contributed by atoms with van der Waals surface area (Å²) in [4.78, 5) is 0.250. The first-order valence-electron chi connectivity index (χ1n) is 10.8. The Hall–Kier alpha value is -2.74. The minimum Gasteiger partial charge on any atom is -0.379 e. The summed E-state index contributed by atoms with van der Waals surface area (Å²) >= 11 is 11.4. The molecule has 0 unspecified atom stereocenters. The third-order valence-corrected chi connectivity index (χ3v) is 9.09. The molecule has 0 atom stereocenters. The number of rotatable bonds is 7. The van der Waals surface area contributed by atoms with E-state index in [1.165, 1.54) is 28.6 Å². The zero-order chi connectivity index (χ0) is 25.8. The standard InChI is InChI=1S/C23H23ClN4O5S3/c24-21-3-1-2-4-22(21)27-35(29,30)19-9-5-17(6-10-19)25-23(34)26-18-7-11-20(12-8-18)36(31,32)28-13-15-33-16-14-28/h1-12,27H,13-16H2,(H2,25,26,34). The second-order valence-corrected chi connectivity index (χ2v) is 12.2. The van der Waals surface area contributed by atoms with E-state index in [2.05, 4.69) is 15.4 Å². The van der Waals surface area contributed by atoms with Crippen LogP contribution in [0.25, 0.3) is 0 Å². The molecule has 3 aromatic rings. The van der Waals surface area contributed by atoms with E-state index < -0.39 is 20.0 Å². The molecule has 3 N–H and O–H groups in total. The van der Waals surface area contributed by atoms with Gasteiger partial charge in [0.05, 0.1) is 33.7 Å². The quantitative estimate of drug-likeness (QED) is 0.368. The number of nitrogens with zero attached hydrogens (tertiary/aromatic N) is 1. The Morgan fingerprint density at radius 2 is 1.33 bits per heavy atom. The molecule has 0 amide bonds. The normalized spacial score (nSPS) is 14.7. The summed E-state index contributed by atoms with van der Waals surface area (Å²) in [6.07, 6.45) is 0. The fraction of sp³-hybridized carbons (Fsp3) is 0.174. The molecular weight excluding hydrogens is 544 g/mol. The lowest BCUT2D eigenvalue weighted by Gasteiger charge is -2.26. The molecule has 0 radical (unpaired) electrons. The molecule has 3 aromatic carbocycles. The number of thiocarbonyl (C=S) groups is 1. The zero-order valence-electron chi connectivity index (χ0n) is 18.8. The Labute approximate surface area is 220 Å². The van der Waals surface area contributed by atoms with Gasteiger partial charge in [0.15, 0.2) is 5.11 Å². The van der Waals surface area contributed by atoms with Crippen LogP contribution in [-0.4, -0.2) is 52.6 Å². The molecule has 190 valence electrons. The lowest BCUT2D eigenvalue weighted by molar-refractivity contribution is 0.0730. The van der Waals surface area contributed by atoms with Crippen LogP contribution < -0.4 is 15.4 Å². The number of halogens is 1. The van der Waals surface area contributed by atoms with Gasteiger partial charge in [0.25, 0.3) is 10.0 Å². The van der Waals surface area contributed by atoms with Gasteiger partial charge in [0.2, 0.25) is 10.0 Å². The second kappa shape index (κ2) is 11.1. The predicted octanol–water partition coefficient (Wildman–Crippen LogP) is 3.97. The summed E-state index contributed by atoms with van der Waals surface area (Å²) in [7, 11) is -7.40. The molecule has 1 aliphatic heterocycles. The van der Waals surface area contributed by atoms with E-state index in [4.69, 9.17) is 28.6 Å². The second-order valence-electron chi connectivity index (χ2n) is 7.73. The molecule has 4 rings (SSSR count). The fourth-order valence-corrected chi connectivity index (χ4v) is 6.37. The highest BCUT2D eigenvalue weighted by Crippen LogP contribution is 2.25. The van der Waals surface area contributed by atoms with Crippen LogP contribution in [0.4, 0.5) is 17.1 Å². The van der Waals surface area contributed by atoms with E-state index in [1.54, 1.807) is 48.5 Å². The maximum absolute atomic E-state index is 12.7. The summed E-state index contributed by atoms with van der Waals surface area (Å²) in [5.74, 6) is 0. The molecule has 1 saturated heterocycles. The van der Waals surface area contributed by atoms with Crippen LogP contribution in [0, 0.1) is 0 Å². The van der Waals surface area contributed by atoms with Crippen molar-refractivity contribution in [2.24, 2.45) is 0 Å². The first-order valence-corrected chi connectivity index (χ1v) is 14.5. The minimum absolute atomic E-state index is 0.0592. The van der Waals surface area contributed by atoms with Crippen LogP contribution in [0.15, 0.2) is 82.6 Å². The molecule has 13 heteroatoms. The number of anilines is 3. The molecule has 0 aliphatic carbocycles. The minimum atomic E-state index is -3.82. The molecule has 0 spiro atoms. The van der Waals surface area contributed by atoms with E-state index in [0.717, 1.165) is 0 Å². The molecule has 36 heavy (non-hydrogen) atoms. The fourth-order valence-electron chi connectivity index (χ4n) is 3.40. The van der Waals surface area contributed by atoms with Gasteiger partial charge in [0.1, 0.15) is 0 Å². The van der Waals surface area contributed by atoms with E-state index in [-0.39, 0.29) is 20.6 Å². The van der Waals surface area contributed by atoms with E-state index in [9.17, 15) is 16.8 Å². The average Bonchev–Trinajstić information content (AvgIpc) is 2.86. The number of benzene rings is 3. The van der Waals surface area contributed by atoms with Crippen molar-refractivity contribution in [2.45, 2.75) is 9.79 Å². The Kier molecular flexibility index (Phi) is 8.13. The summed E-state index contributed by atoms with van der Waals surface area (Å²) < 4.78 is 59.9. The van der Waals surface area contributed by atoms with Gasteiger partial charge in [-0.3, -0.25) is 4.72 Å². The van der Waals surface area contributed by atoms with Gasteiger partial charge in [-0.1, -0.05) is 23.7 Å². The SMILES string of the molecule is O=S(=O)(Nc1ccccc1Cl)c1ccc(NC(=S)Nc2ccc(S(=O)(=O)N3CCOCC3)cc2)cc1. The molecular formula is C23H23ClN4O5S3. The summed E-state index contributed by atoms with van der Waals surface area (Å²) in [6.45, 7) is 1.41. The van der Waals surface area contributed by atoms with Crippen molar-refractivity contribution in [2.75, 3.05) is 41.7 Å². The maximum atomic E-state index is 12.7. The number of hydrogen-bond acceptors (Lipinski definition) is 6. The molecule has 0 bridgehead atoms. The van der Waals surface area contributed by atoms with Gasteiger partial charge in [-0.05, 0) is 72.9 Å². The van der Waals surface area contributed by atoms with Gasteiger partial charge in [-0.2, -0.15) is 4.31 Å². The topological polar surface area (TPSA) is 117 Å². The largest absolute Gasteiger partial charge is 0.379 e. The average molecular weight is 567 g/mol. The van der Waals surface area contributed by atoms with Gasteiger partial charge >= 0.3 is 0 Å². The zero-order valence-corrected chi connectivity index (χ0v) is 22.1. The van der Waals surface area contributed by atoms with Gasteiger partial charge in [-0.15, -0.1) is 0 Å². The highest BCUT2D eigenvalue weighted by Gasteiger charge is 2.26. The van der Waals surface area contributed by atoms with Crippen molar-refractivity contribution < 1.29 is 21.6 Å². The monoisotopic (exact) mass is 566 g/mol. The smallest absolute Gasteiger partial charge is 0.261 e. The Bertz CT molecular complexity index is 1440. The number of sulfonamides is 2. The van der Waals surface area contributed by atoms with E-state index in [0.29, 0.717) is 42.7 Å². The van der Waals surface area contributed by atoms with Crippen LogP contribution >= 0.6 is 23.8 Å². The van der Waals surface area contributed by atoms with Crippen molar-refractivity contribution in [3.63, 3.8) is 0 Å². The first kappa shape index (κ1) is 26.3. The van der Waals surface area contributed by atoms with Crippen molar-refractivity contribution in [1.82, 2.24) is 4.31 Å². The maximum Gasteiger partial charge on any atom is 0.261 e. The highest BCUT2D eigenvalue weighted by molar-refractivity contribution is 7.92. The molecule has 0 aromatic heterocycles. The molecule has 1 heterocycles. The molecule has 9 nitrogen and oxygen atoms in total. The van der Waals surface area contributed by atoms with Crippen molar-refractivity contribution >= 4 is 66.0 Å². The van der Waals surface area contributed by atoms with Gasteiger partial charge in [-0.25, -0.2) is 16.8 Å². The van der Waals surface area contributed by atoms with Gasteiger partial charge in [0, 0.05) is 24.5 Å². The number of para-hydroxylation sites is 1. The number of hydrogen-bond donors (Lipinski definition) is 3. The van der Waals surface area contributed by atoms with E-state index >= 15 is 0 Å². The predicted molar refractivity (Wildman–Crippen MR) is 145 cm³/mol. The van der Waals surface area contributed by atoms with Crippen LogP contribution in [0.2, 0.25) is 5.02 Å². The number of ether oxygens (including phenoxy) is 1. The van der Waals surface area contributed by atoms with Crippen molar-refractivity contribution in [3.05, 3.63) is 77.8 Å². The summed E-state index contributed by atoms with van der Waals surface area (Å²) in [5, 5.41) is 6.49. The third kappa shape index (κ3) is 6.33. The van der Waals surface area contributed by atoms with Crippen molar-refractivity contribution in [1.29, 1.82) is 0 Å². The van der Waals surface area contributed by atoms with Crippen LogP contribution in [-0.2, 0) is 24.8 Å². The van der Waals surface area contributed by atoms with Crippen molar-refractivity contribution in [3.8, 4) is 0 Å².